The van der Waals surface area contributed by atoms with E-state index in [4.69, 9.17) is 5.11 Å². The molecule has 1 heterocycles. The minimum Gasteiger partial charge on any atom is -0.480 e. The van der Waals surface area contributed by atoms with E-state index in [2.05, 4.69) is 29.2 Å². The molecule has 1 aliphatic rings. The Bertz CT molecular complexity index is 435. The van der Waals surface area contributed by atoms with Gasteiger partial charge < -0.3 is 5.11 Å². The van der Waals surface area contributed by atoms with Crippen LogP contribution in [0.5, 0.6) is 0 Å². The Kier molecular flexibility index (Phi) is 5.15. The lowest BCUT2D eigenvalue weighted by atomic mass is 10.1. The molecule has 4 nitrogen and oxygen atoms in total. The number of benzene rings is 1. The molecule has 20 heavy (non-hydrogen) atoms. The Morgan fingerprint density at radius 1 is 1.45 bits per heavy atom. The van der Waals surface area contributed by atoms with Gasteiger partial charge in [0, 0.05) is 19.6 Å². The highest BCUT2D eigenvalue weighted by Crippen LogP contribution is 2.20. The minimum atomic E-state index is -0.744. The molecular weight excluding hydrogens is 252 g/mol. The van der Waals surface area contributed by atoms with E-state index >= 15 is 0 Å². The predicted octanol–water partition coefficient (Wildman–Crippen LogP) is 1.91. The third kappa shape index (κ3) is 4.05. The van der Waals surface area contributed by atoms with E-state index in [0.29, 0.717) is 5.92 Å². The largest absolute Gasteiger partial charge is 0.480 e. The van der Waals surface area contributed by atoms with Gasteiger partial charge in [0.15, 0.2) is 0 Å². The predicted molar refractivity (Wildman–Crippen MR) is 79.6 cm³/mol. The number of aliphatic carboxylic acids is 1. The van der Waals surface area contributed by atoms with Crippen LogP contribution in [0, 0.1) is 5.92 Å². The smallest absolute Gasteiger partial charge is 0.320 e. The summed E-state index contributed by atoms with van der Waals surface area (Å²) in [6, 6.07) is 10.1. The fourth-order valence-corrected chi connectivity index (χ4v) is 2.80. The molecule has 0 amide bonds. The second-order valence-electron chi connectivity index (χ2n) is 5.83. The van der Waals surface area contributed by atoms with E-state index in [-0.39, 0.29) is 0 Å². The summed E-state index contributed by atoms with van der Waals surface area (Å²) in [5.41, 5.74) is 1.35. The Hall–Kier alpha value is -1.39. The van der Waals surface area contributed by atoms with Crippen molar-refractivity contribution in [1.82, 2.24) is 9.80 Å². The zero-order valence-corrected chi connectivity index (χ0v) is 12.3. The zero-order chi connectivity index (χ0) is 14.5. The summed E-state index contributed by atoms with van der Waals surface area (Å²) < 4.78 is 0. The minimum absolute atomic E-state index is 0.404. The SMILES string of the molecule is CC(C(=O)O)N(C)CC1CCN(Cc2ccccc2)C1. The first kappa shape index (κ1) is 15.0. The number of likely N-dealkylation sites (N-methyl/N-ethyl adjacent to an activating group) is 1. The van der Waals surface area contributed by atoms with Gasteiger partial charge in [-0.3, -0.25) is 14.6 Å². The second kappa shape index (κ2) is 6.86. The monoisotopic (exact) mass is 276 g/mol. The van der Waals surface area contributed by atoms with Crippen LogP contribution in [-0.2, 0) is 11.3 Å². The van der Waals surface area contributed by atoms with Crippen LogP contribution >= 0.6 is 0 Å². The molecule has 0 radical (unpaired) electrons. The van der Waals surface area contributed by atoms with Gasteiger partial charge in [0.2, 0.25) is 0 Å². The summed E-state index contributed by atoms with van der Waals surface area (Å²) in [7, 11) is 1.90. The molecule has 1 aromatic rings. The first-order valence-electron chi connectivity index (χ1n) is 7.25. The van der Waals surface area contributed by atoms with Crippen molar-refractivity contribution >= 4 is 5.97 Å². The van der Waals surface area contributed by atoms with Crippen LogP contribution in [0.2, 0.25) is 0 Å². The van der Waals surface area contributed by atoms with Crippen molar-refractivity contribution in [3.05, 3.63) is 35.9 Å². The number of rotatable bonds is 6. The number of nitrogens with zero attached hydrogens (tertiary/aromatic N) is 2. The van der Waals surface area contributed by atoms with Crippen molar-refractivity contribution in [3.8, 4) is 0 Å². The molecule has 0 aliphatic carbocycles. The van der Waals surface area contributed by atoms with Gasteiger partial charge in [-0.05, 0) is 38.4 Å². The number of carboxylic acids is 1. The molecule has 2 unspecified atom stereocenters. The standard InChI is InChI=1S/C16H24N2O2/c1-13(16(19)20)17(2)10-15-8-9-18(12-15)11-14-6-4-3-5-7-14/h3-7,13,15H,8-12H2,1-2H3,(H,19,20). The summed E-state index contributed by atoms with van der Waals surface area (Å²) in [5.74, 6) is -0.169. The molecule has 1 aromatic carbocycles. The lowest BCUT2D eigenvalue weighted by Gasteiger charge is -2.24. The normalized spacial score (nSPS) is 21.2. The topological polar surface area (TPSA) is 43.8 Å². The first-order chi connectivity index (χ1) is 9.56. The molecule has 0 saturated carbocycles. The Balaban J connectivity index is 1.79. The van der Waals surface area contributed by atoms with Gasteiger partial charge in [-0.1, -0.05) is 30.3 Å². The maximum atomic E-state index is 11.0. The summed E-state index contributed by atoms with van der Waals surface area (Å²) in [6.45, 7) is 5.77. The number of carbonyl (C=O) groups is 1. The van der Waals surface area contributed by atoms with E-state index in [1.165, 1.54) is 5.56 Å². The number of carboxylic acid groups (broad SMARTS) is 1. The van der Waals surface area contributed by atoms with Crippen molar-refractivity contribution in [2.24, 2.45) is 5.92 Å². The highest BCUT2D eigenvalue weighted by atomic mass is 16.4. The lowest BCUT2D eigenvalue weighted by molar-refractivity contribution is -0.142. The molecule has 2 rings (SSSR count). The van der Waals surface area contributed by atoms with Gasteiger partial charge in [-0.15, -0.1) is 0 Å². The maximum absolute atomic E-state index is 11.0. The summed E-state index contributed by atoms with van der Waals surface area (Å²) >= 11 is 0. The number of hydrogen-bond donors (Lipinski definition) is 1. The molecule has 1 aliphatic heterocycles. The summed E-state index contributed by atoms with van der Waals surface area (Å²) in [4.78, 5) is 15.4. The molecule has 1 N–H and O–H groups in total. The number of likely N-dealkylation sites (tertiary alicyclic amines) is 1. The van der Waals surface area contributed by atoms with Gasteiger partial charge in [0.1, 0.15) is 6.04 Å². The third-order valence-corrected chi connectivity index (χ3v) is 4.18. The molecule has 0 bridgehead atoms. The fourth-order valence-electron chi connectivity index (χ4n) is 2.80. The van der Waals surface area contributed by atoms with E-state index in [0.717, 1.165) is 32.6 Å². The van der Waals surface area contributed by atoms with Crippen LogP contribution in [0.15, 0.2) is 30.3 Å². The Morgan fingerprint density at radius 2 is 2.15 bits per heavy atom. The lowest BCUT2D eigenvalue weighted by Crippen LogP contribution is -2.39. The Morgan fingerprint density at radius 3 is 2.80 bits per heavy atom. The fraction of sp³-hybridized carbons (Fsp3) is 0.562. The van der Waals surface area contributed by atoms with E-state index in [9.17, 15) is 4.79 Å². The van der Waals surface area contributed by atoms with Gasteiger partial charge >= 0.3 is 5.97 Å². The second-order valence-corrected chi connectivity index (χ2v) is 5.83. The molecule has 110 valence electrons. The van der Waals surface area contributed by atoms with Crippen LogP contribution in [0.25, 0.3) is 0 Å². The average Bonchev–Trinajstić information content (AvgIpc) is 2.86. The molecule has 0 aromatic heterocycles. The molecule has 0 spiro atoms. The van der Waals surface area contributed by atoms with Gasteiger partial charge in [-0.25, -0.2) is 0 Å². The van der Waals surface area contributed by atoms with E-state index in [1.54, 1.807) is 6.92 Å². The third-order valence-electron chi connectivity index (χ3n) is 4.18. The van der Waals surface area contributed by atoms with Crippen molar-refractivity contribution in [1.29, 1.82) is 0 Å². The van der Waals surface area contributed by atoms with Crippen LogP contribution in [0.1, 0.15) is 18.9 Å². The zero-order valence-electron chi connectivity index (χ0n) is 12.3. The van der Waals surface area contributed by atoms with Crippen molar-refractivity contribution in [3.63, 3.8) is 0 Å². The van der Waals surface area contributed by atoms with Crippen LogP contribution < -0.4 is 0 Å². The molecule has 1 fully saturated rings. The first-order valence-corrected chi connectivity index (χ1v) is 7.25. The van der Waals surface area contributed by atoms with Gasteiger partial charge in [-0.2, -0.15) is 0 Å². The summed E-state index contributed by atoms with van der Waals surface area (Å²) in [5, 5.41) is 9.02. The van der Waals surface area contributed by atoms with Gasteiger partial charge in [0.05, 0.1) is 0 Å². The van der Waals surface area contributed by atoms with Crippen LogP contribution in [0.3, 0.4) is 0 Å². The number of hydrogen-bond acceptors (Lipinski definition) is 3. The van der Waals surface area contributed by atoms with Gasteiger partial charge in [0.25, 0.3) is 0 Å². The highest BCUT2D eigenvalue weighted by molar-refractivity contribution is 5.72. The molecule has 1 saturated heterocycles. The van der Waals surface area contributed by atoms with Crippen molar-refractivity contribution in [2.45, 2.75) is 25.9 Å². The van der Waals surface area contributed by atoms with Crippen molar-refractivity contribution in [2.75, 3.05) is 26.7 Å². The van der Waals surface area contributed by atoms with Crippen LogP contribution in [-0.4, -0.2) is 53.6 Å². The van der Waals surface area contributed by atoms with E-state index in [1.807, 2.05) is 18.0 Å². The average molecular weight is 276 g/mol. The molecule has 2 atom stereocenters. The summed E-state index contributed by atoms with van der Waals surface area (Å²) in [6.07, 6.45) is 1.16. The Labute approximate surface area is 121 Å². The van der Waals surface area contributed by atoms with Crippen LogP contribution in [0.4, 0.5) is 0 Å². The quantitative estimate of drug-likeness (QED) is 0.862. The molecular formula is C16H24N2O2. The van der Waals surface area contributed by atoms with Crippen molar-refractivity contribution < 1.29 is 9.90 Å². The van der Waals surface area contributed by atoms with E-state index < -0.39 is 12.0 Å². The molecule has 4 heteroatoms. The maximum Gasteiger partial charge on any atom is 0.320 e. The highest BCUT2D eigenvalue weighted by Gasteiger charge is 2.26.